The second kappa shape index (κ2) is 10.5. The number of benzene rings is 3. The van der Waals surface area contributed by atoms with Gasteiger partial charge in [-0.05, 0) is 62.6 Å². The van der Waals surface area contributed by atoms with Crippen molar-refractivity contribution >= 4 is 76.7 Å². The third-order valence-corrected chi connectivity index (χ3v) is 6.40. The molecule has 1 amide bonds. The molecule has 0 saturated carbocycles. The van der Waals surface area contributed by atoms with Crippen LogP contribution in [0.4, 0.5) is 0 Å². The largest absolute Gasteiger partial charge is 0.457 e. The van der Waals surface area contributed by atoms with Gasteiger partial charge in [0, 0.05) is 14.5 Å². The lowest BCUT2D eigenvalue weighted by Crippen LogP contribution is -2.20. The van der Waals surface area contributed by atoms with Gasteiger partial charge in [-0.15, -0.1) is 0 Å². The number of ether oxygens (including phenoxy) is 1. The summed E-state index contributed by atoms with van der Waals surface area (Å²) in [5, 5.41) is 6.09. The van der Waals surface area contributed by atoms with Crippen LogP contribution in [0, 0.1) is 0 Å². The van der Waals surface area contributed by atoms with Gasteiger partial charge in [0.25, 0.3) is 0 Å². The Morgan fingerprint density at radius 3 is 2.52 bits per heavy atom. The fourth-order valence-electron chi connectivity index (χ4n) is 3.19. The molecule has 9 heteroatoms. The van der Waals surface area contributed by atoms with Crippen molar-refractivity contribution in [3.8, 4) is 5.75 Å². The number of nitrogens with one attached hydrogen (secondary N) is 1. The second-order valence-corrected chi connectivity index (χ2v) is 9.52. The van der Waals surface area contributed by atoms with Gasteiger partial charge >= 0.3 is 5.97 Å². The minimum atomic E-state index is -0.649. The summed E-state index contributed by atoms with van der Waals surface area (Å²) < 4.78 is 12.8. The van der Waals surface area contributed by atoms with E-state index in [9.17, 15) is 9.59 Å². The monoisotopic (exact) mass is 632 g/mol. The van der Waals surface area contributed by atoms with Crippen molar-refractivity contribution in [3.05, 3.63) is 97.2 Å². The van der Waals surface area contributed by atoms with Gasteiger partial charge in [0.2, 0.25) is 11.7 Å². The zero-order valence-electron chi connectivity index (χ0n) is 16.8. The first-order valence-corrected chi connectivity index (χ1v) is 12.0. The summed E-state index contributed by atoms with van der Waals surface area (Å²) in [6.45, 7) is 0. The van der Waals surface area contributed by atoms with Gasteiger partial charge in [0.05, 0.1) is 23.4 Å². The van der Waals surface area contributed by atoms with Crippen molar-refractivity contribution in [1.29, 1.82) is 0 Å². The number of hydrazone groups is 1. The topological polar surface area (TPSA) is 80.9 Å². The maximum absolute atomic E-state index is 12.5. The highest BCUT2D eigenvalue weighted by Gasteiger charge is 2.17. The van der Waals surface area contributed by atoms with Crippen LogP contribution >= 0.6 is 47.8 Å². The predicted octanol–water partition coefficient (Wildman–Crippen LogP) is 6.63. The molecule has 1 heterocycles. The number of furan rings is 1. The fraction of sp³-hybridized carbons (Fsp3) is 0.0417. The van der Waals surface area contributed by atoms with E-state index in [1.807, 2.05) is 36.4 Å². The van der Waals surface area contributed by atoms with Gasteiger partial charge in [-0.3, -0.25) is 4.79 Å². The molecule has 0 radical (unpaired) electrons. The Morgan fingerprint density at radius 2 is 1.76 bits per heavy atom. The van der Waals surface area contributed by atoms with Crippen molar-refractivity contribution in [3.63, 3.8) is 0 Å². The molecule has 0 aliphatic carbocycles. The fourth-order valence-corrected chi connectivity index (χ4v) is 5.00. The minimum absolute atomic E-state index is 0.0720. The maximum atomic E-state index is 12.5. The molecule has 0 aliphatic rings. The molecule has 0 bridgehead atoms. The van der Waals surface area contributed by atoms with E-state index < -0.39 is 5.97 Å². The summed E-state index contributed by atoms with van der Waals surface area (Å²) in [5.41, 5.74) is 3.90. The third-order valence-electron chi connectivity index (χ3n) is 4.66. The van der Waals surface area contributed by atoms with Crippen LogP contribution in [0.2, 0.25) is 0 Å². The standard InChI is InChI=1S/C24H15Br3N2O4/c25-16-10-15(23(20(27)12-16)33-24(31)21-6-3-9-32-21)13-28-29-22(30)11-14-7-8-19(26)18-5-2-1-4-17(14)18/h1-10,12-13H,11H2,(H,29,30). The first kappa shape index (κ1) is 23.4. The number of nitrogens with zero attached hydrogens (tertiary/aromatic N) is 1. The SMILES string of the molecule is O=C(Cc1ccc(Br)c2ccccc12)NN=Cc1cc(Br)cc(Br)c1OC(=O)c1ccco1. The number of amides is 1. The molecule has 4 aromatic rings. The van der Waals surface area contributed by atoms with Crippen molar-refractivity contribution in [1.82, 2.24) is 5.43 Å². The molecule has 4 rings (SSSR count). The summed E-state index contributed by atoms with van der Waals surface area (Å²) in [6, 6.07) is 18.3. The van der Waals surface area contributed by atoms with Gasteiger partial charge in [0.1, 0.15) is 0 Å². The smallest absolute Gasteiger partial charge is 0.379 e. The second-order valence-electron chi connectivity index (χ2n) is 6.89. The average Bonchev–Trinajstić information content (AvgIpc) is 3.33. The molecule has 1 aromatic heterocycles. The maximum Gasteiger partial charge on any atom is 0.379 e. The van der Waals surface area contributed by atoms with Crippen LogP contribution in [0.15, 0.2) is 89.9 Å². The quantitative estimate of drug-likeness (QED) is 0.112. The normalized spacial score (nSPS) is 11.1. The lowest BCUT2D eigenvalue weighted by Gasteiger charge is -2.10. The van der Waals surface area contributed by atoms with E-state index in [2.05, 4.69) is 58.3 Å². The first-order valence-electron chi connectivity index (χ1n) is 9.65. The van der Waals surface area contributed by atoms with Crippen molar-refractivity contribution in [2.24, 2.45) is 5.10 Å². The van der Waals surface area contributed by atoms with Gasteiger partial charge in [-0.1, -0.05) is 62.2 Å². The molecule has 166 valence electrons. The molecule has 1 N–H and O–H groups in total. The molecule has 0 unspecified atom stereocenters. The highest BCUT2D eigenvalue weighted by Crippen LogP contribution is 2.33. The van der Waals surface area contributed by atoms with Crippen molar-refractivity contribution in [2.75, 3.05) is 0 Å². The zero-order valence-corrected chi connectivity index (χ0v) is 21.6. The molecule has 0 fully saturated rings. The Labute approximate surface area is 214 Å². The van der Waals surface area contributed by atoms with E-state index in [-0.39, 0.29) is 23.8 Å². The minimum Gasteiger partial charge on any atom is -0.457 e. The van der Waals surface area contributed by atoms with E-state index in [1.54, 1.807) is 18.2 Å². The molecule has 0 spiro atoms. The highest BCUT2D eigenvalue weighted by molar-refractivity contribution is 9.11. The van der Waals surface area contributed by atoms with Crippen LogP contribution in [-0.2, 0) is 11.2 Å². The Kier molecular flexibility index (Phi) is 7.42. The molecule has 33 heavy (non-hydrogen) atoms. The number of carbonyl (C=O) groups is 2. The van der Waals surface area contributed by atoms with E-state index in [0.717, 1.165) is 25.3 Å². The Balaban J connectivity index is 1.50. The number of fused-ring (bicyclic) bond motifs is 1. The third kappa shape index (κ3) is 5.61. The van der Waals surface area contributed by atoms with E-state index in [4.69, 9.17) is 9.15 Å². The summed E-state index contributed by atoms with van der Waals surface area (Å²) >= 11 is 10.3. The summed E-state index contributed by atoms with van der Waals surface area (Å²) in [7, 11) is 0. The van der Waals surface area contributed by atoms with Crippen LogP contribution in [0.1, 0.15) is 21.7 Å². The van der Waals surface area contributed by atoms with Crippen LogP contribution in [-0.4, -0.2) is 18.1 Å². The Morgan fingerprint density at radius 1 is 0.970 bits per heavy atom. The lowest BCUT2D eigenvalue weighted by atomic mass is 10.0. The number of hydrogen-bond donors (Lipinski definition) is 1. The molecule has 0 atom stereocenters. The van der Waals surface area contributed by atoms with Crippen LogP contribution < -0.4 is 10.2 Å². The Hall–Kier alpha value is -2.75. The van der Waals surface area contributed by atoms with Crippen LogP contribution in [0.25, 0.3) is 10.8 Å². The highest BCUT2D eigenvalue weighted by atomic mass is 79.9. The van der Waals surface area contributed by atoms with Gasteiger partial charge in [0.15, 0.2) is 5.75 Å². The number of carbonyl (C=O) groups excluding carboxylic acids is 2. The van der Waals surface area contributed by atoms with E-state index in [0.29, 0.717) is 10.0 Å². The summed E-state index contributed by atoms with van der Waals surface area (Å²) in [5.74, 6) is -0.606. The van der Waals surface area contributed by atoms with Crippen molar-refractivity contribution in [2.45, 2.75) is 6.42 Å². The molecule has 0 saturated heterocycles. The van der Waals surface area contributed by atoms with Crippen molar-refractivity contribution < 1.29 is 18.7 Å². The van der Waals surface area contributed by atoms with Crippen LogP contribution in [0.3, 0.4) is 0 Å². The summed E-state index contributed by atoms with van der Waals surface area (Å²) in [6.07, 6.45) is 2.96. The Bertz CT molecular complexity index is 1370. The number of rotatable bonds is 6. The molecular weight excluding hydrogens is 620 g/mol. The van der Waals surface area contributed by atoms with Gasteiger partial charge < -0.3 is 9.15 Å². The average molecular weight is 635 g/mol. The first-order chi connectivity index (χ1) is 15.9. The molecule has 6 nitrogen and oxygen atoms in total. The zero-order chi connectivity index (χ0) is 23.4. The van der Waals surface area contributed by atoms with Crippen LogP contribution in [0.5, 0.6) is 5.75 Å². The van der Waals surface area contributed by atoms with Gasteiger partial charge in [-0.2, -0.15) is 5.10 Å². The molecule has 3 aromatic carbocycles. The van der Waals surface area contributed by atoms with Gasteiger partial charge in [-0.25, -0.2) is 10.2 Å². The summed E-state index contributed by atoms with van der Waals surface area (Å²) in [4.78, 5) is 24.8. The number of halogens is 3. The predicted molar refractivity (Wildman–Crippen MR) is 137 cm³/mol. The lowest BCUT2D eigenvalue weighted by molar-refractivity contribution is -0.120. The molecular formula is C24H15Br3N2O4. The molecule has 0 aliphatic heterocycles. The number of hydrogen-bond acceptors (Lipinski definition) is 5. The number of esters is 1. The van der Waals surface area contributed by atoms with E-state index in [1.165, 1.54) is 18.5 Å². The van der Waals surface area contributed by atoms with E-state index >= 15 is 0 Å².